The summed E-state index contributed by atoms with van der Waals surface area (Å²) >= 11 is 8.83. The van der Waals surface area contributed by atoms with Crippen molar-refractivity contribution in [1.29, 1.82) is 0 Å². The van der Waals surface area contributed by atoms with Gasteiger partial charge in [0.15, 0.2) is 5.13 Å². The van der Waals surface area contributed by atoms with Crippen molar-refractivity contribution in [3.8, 4) is 11.3 Å². The van der Waals surface area contributed by atoms with E-state index < -0.39 is 5.25 Å². The highest BCUT2D eigenvalue weighted by molar-refractivity contribution is 8.00. The lowest BCUT2D eigenvalue weighted by Crippen LogP contribution is -2.19. The summed E-state index contributed by atoms with van der Waals surface area (Å²) in [4.78, 5) is 30.9. The van der Waals surface area contributed by atoms with Crippen LogP contribution in [0.3, 0.4) is 0 Å². The third-order valence-electron chi connectivity index (χ3n) is 5.54. The summed E-state index contributed by atoms with van der Waals surface area (Å²) < 4.78 is 0. The van der Waals surface area contributed by atoms with Crippen LogP contribution in [0.1, 0.15) is 23.7 Å². The van der Waals surface area contributed by atoms with Gasteiger partial charge in [0.25, 0.3) is 0 Å². The molecule has 2 amide bonds. The molecule has 5 rings (SSSR count). The topological polar surface area (TPSA) is 71.1 Å². The number of carbonyl (C=O) groups excluding carboxylic acids is 2. The number of anilines is 2. The summed E-state index contributed by atoms with van der Waals surface area (Å²) in [6.45, 7) is 0. The Labute approximate surface area is 216 Å². The number of halogens is 1. The van der Waals surface area contributed by atoms with Crippen LogP contribution in [-0.2, 0) is 9.59 Å². The van der Waals surface area contributed by atoms with Gasteiger partial charge in [0.2, 0.25) is 11.8 Å². The zero-order chi connectivity index (χ0) is 24.2. The van der Waals surface area contributed by atoms with Gasteiger partial charge in [-0.2, -0.15) is 0 Å². The van der Waals surface area contributed by atoms with Crippen molar-refractivity contribution < 1.29 is 9.59 Å². The lowest BCUT2D eigenvalue weighted by Gasteiger charge is -2.16. The molecule has 35 heavy (non-hydrogen) atoms. The molecule has 1 saturated carbocycles. The zero-order valence-electron chi connectivity index (χ0n) is 18.6. The van der Waals surface area contributed by atoms with Crippen LogP contribution in [0, 0.1) is 5.92 Å². The first-order valence-corrected chi connectivity index (χ1v) is 13.3. The molecule has 1 heterocycles. The molecule has 1 aromatic heterocycles. The lowest BCUT2D eigenvalue weighted by atomic mass is 10.1. The van der Waals surface area contributed by atoms with E-state index in [1.807, 2.05) is 84.2 Å². The van der Waals surface area contributed by atoms with Crippen molar-refractivity contribution in [3.05, 3.63) is 94.8 Å². The number of thiazole rings is 1. The third kappa shape index (κ3) is 6.11. The maximum atomic E-state index is 13.4. The van der Waals surface area contributed by atoms with Crippen LogP contribution in [0.4, 0.5) is 10.8 Å². The fourth-order valence-electron chi connectivity index (χ4n) is 3.50. The van der Waals surface area contributed by atoms with Crippen molar-refractivity contribution in [2.75, 3.05) is 10.6 Å². The highest BCUT2D eigenvalue weighted by Gasteiger charge is 2.29. The highest BCUT2D eigenvalue weighted by Crippen LogP contribution is 2.37. The monoisotopic (exact) mass is 519 g/mol. The number of nitrogens with zero attached hydrogens (tertiary/aromatic N) is 1. The molecule has 0 spiro atoms. The quantitative estimate of drug-likeness (QED) is 0.240. The number of hydrogen-bond donors (Lipinski definition) is 2. The van der Waals surface area contributed by atoms with Crippen LogP contribution in [0.5, 0.6) is 0 Å². The summed E-state index contributed by atoms with van der Waals surface area (Å²) in [6.07, 6.45) is 1.93. The minimum atomic E-state index is -0.467. The van der Waals surface area contributed by atoms with Gasteiger partial charge in [-0.1, -0.05) is 54.1 Å². The van der Waals surface area contributed by atoms with E-state index in [2.05, 4.69) is 15.6 Å². The maximum absolute atomic E-state index is 13.4. The van der Waals surface area contributed by atoms with E-state index in [9.17, 15) is 9.59 Å². The Morgan fingerprint density at radius 2 is 1.66 bits per heavy atom. The van der Waals surface area contributed by atoms with Gasteiger partial charge >= 0.3 is 0 Å². The Hall–Kier alpha value is -3.13. The van der Waals surface area contributed by atoms with Crippen LogP contribution in [-0.4, -0.2) is 16.8 Å². The Kier molecular flexibility index (Phi) is 7.18. The Bertz CT molecular complexity index is 1320. The van der Waals surface area contributed by atoms with Gasteiger partial charge in [-0.25, -0.2) is 4.98 Å². The number of amides is 2. The van der Waals surface area contributed by atoms with Crippen LogP contribution >= 0.6 is 34.7 Å². The number of rotatable bonds is 8. The molecule has 176 valence electrons. The Morgan fingerprint density at radius 1 is 0.943 bits per heavy atom. The van der Waals surface area contributed by atoms with Crippen LogP contribution < -0.4 is 10.6 Å². The number of nitrogens with one attached hydrogen (secondary N) is 2. The third-order valence-corrected chi connectivity index (χ3v) is 7.81. The molecule has 1 aliphatic carbocycles. The van der Waals surface area contributed by atoms with E-state index in [4.69, 9.17) is 11.6 Å². The number of hydrogen-bond acceptors (Lipinski definition) is 5. The molecule has 4 aromatic rings. The molecule has 1 aliphatic rings. The van der Waals surface area contributed by atoms with E-state index in [1.54, 1.807) is 0 Å². The van der Waals surface area contributed by atoms with Gasteiger partial charge in [-0.05, 0) is 54.8 Å². The van der Waals surface area contributed by atoms with Gasteiger partial charge in [-0.3, -0.25) is 9.59 Å². The average Bonchev–Trinajstić information content (AvgIpc) is 3.64. The Morgan fingerprint density at radius 3 is 2.34 bits per heavy atom. The molecule has 1 fully saturated rings. The molecule has 1 unspecified atom stereocenters. The summed E-state index contributed by atoms with van der Waals surface area (Å²) in [7, 11) is 0. The second-order valence-electron chi connectivity index (χ2n) is 8.23. The summed E-state index contributed by atoms with van der Waals surface area (Å²) in [6, 6.07) is 24.7. The van der Waals surface area contributed by atoms with E-state index in [0.29, 0.717) is 10.2 Å². The van der Waals surface area contributed by atoms with E-state index >= 15 is 0 Å². The van der Waals surface area contributed by atoms with Gasteiger partial charge in [-0.15, -0.1) is 23.1 Å². The summed E-state index contributed by atoms with van der Waals surface area (Å²) in [5, 5.41) is 8.59. The molecular formula is C27H22ClN3O2S2. The highest BCUT2D eigenvalue weighted by atomic mass is 35.5. The van der Waals surface area contributed by atoms with Crippen LogP contribution in [0.2, 0.25) is 5.02 Å². The molecule has 2 N–H and O–H groups in total. The smallest absolute Gasteiger partial charge is 0.244 e. The van der Waals surface area contributed by atoms with Gasteiger partial charge in [0, 0.05) is 32.5 Å². The standard InChI is InChI=1S/C27H22ClN3O2S2/c28-20-10-8-17(9-11-20)23-16-34-27(30-23)31-26(33)24(18-4-2-1-3-5-18)35-22-14-12-21(13-15-22)29-25(32)19-6-7-19/h1-5,8-16,19,24H,6-7H2,(H,29,32)(H,30,31,33). The molecule has 1 atom stereocenters. The maximum Gasteiger partial charge on any atom is 0.244 e. The van der Waals surface area contributed by atoms with Crippen molar-refractivity contribution >= 4 is 57.3 Å². The van der Waals surface area contributed by atoms with E-state index in [0.717, 1.165) is 40.2 Å². The SMILES string of the molecule is O=C(Nc1ccc(SC(C(=O)Nc2nc(-c3ccc(Cl)cc3)cs2)c2ccccc2)cc1)C1CC1. The normalized spacial score (nSPS) is 13.7. The predicted molar refractivity (Wildman–Crippen MR) is 144 cm³/mol. The van der Waals surface area contributed by atoms with Crippen molar-refractivity contribution in [1.82, 2.24) is 4.98 Å². The second kappa shape index (κ2) is 10.6. The van der Waals surface area contributed by atoms with Crippen molar-refractivity contribution in [2.45, 2.75) is 23.0 Å². The minimum Gasteiger partial charge on any atom is -0.326 e. The molecule has 0 aliphatic heterocycles. The first-order chi connectivity index (χ1) is 17.0. The molecule has 0 bridgehead atoms. The molecule has 8 heteroatoms. The van der Waals surface area contributed by atoms with Gasteiger partial charge in [0.05, 0.1) is 5.69 Å². The summed E-state index contributed by atoms with van der Waals surface area (Å²) in [5.41, 5.74) is 3.39. The molecule has 0 saturated heterocycles. The number of carbonyl (C=O) groups is 2. The van der Waals surface area contributed by atoms with E-state index in [-0.39, 0.29) is 17.7 Å². The van der Waals surface area contributed by atoms with Crippen molar-refractivity contribution in [2.24, 2.45) is 5.92 Å². The first kappa shape index (κ1) is 23.6. The molecular weight excluding hydrogens is 498 g/mol. The summed E-state index contributed by atoms with van der Waals surface area (Å²) in [5.74, 6) is 0.0824. The second-order valence-corrected chi connectivity index (χ2v) is 10.7. The van der Waals surface area contributed by atoms with Gasteiger partial charge in [0.1, 0.15) is 5.25 Å². The zero-order valence-corrected chi connectivity index (χ0v) is 21.0. The van der Waals surface area contributed by atoms with Crippen molar-refractivity contribution in [3.63, 3.8) is 0 Å². The van der Waals surface area contributed by atoms with Gasteiger partial charge < -0.3 is 10.6 Å². The number of benzene rings is 3. The van der Waals surface area contributed by atoms with Crippen LogP contribution in [0.15, 0.2) is 89.1 Å². The lowest BCUT2D eigenvalue weighted by molar-refractivity contribution is -0.117. The number of aromatic nitrogens is 1. The fourth-order valence-corrected chi connectivity index (χ4v) is 5.37. The largest absolute Gasteiger partial charge is 0.326 e. The predicted octanol–water partition coefficient (Wildman–Crippen LogP) is 7.28. The van der Waals surface area contributed by atoms with Crippen LogP contribution in [0.25, 0.3) is 11.3 Å². The fraction of sp³-hybridized carbons (Fsp3) is 0.148. The molecule has 5 nitrogen and oxygen atoms in total. The molecule has 0 radical (unpaired) electrons. The number of thioether (sulfide) groups is 1. The first-order valence-electron chi connectivity index (χ1n) is 11.2. The minimum absolute atomic E-state index is 0.0772. The average molecular weight is 520 g/mol. The van der Waals surface area contributed by atoms with E-state index in [1.165, 1.54) is 23.1 Å². The Balaban J connectivity index is 1.30. The molecule has 3 aromatic carbocycles.